The van der Waals surface area contributed by atoms with E-state index in [2.05, 4.69) is 14.7 Å². The predicted molar refractivity (Wildman–Crippen MR) is 76.0 cm³/mol. The van der Waals surface area contributed by atoms with Crippen LogP contribution in [0.25, 0.3) is 11.4 Å². The molecule has 0 unspecified atom stereocenters. The summed E-state index contributed by atoms with van der Waals surface area (Å²) in [5.74, 6) is -2.74. The topological polar surface area (TPSA) is 68.5 Å². The first-order chi connectivity index (χ1) is 11.7. The molecule has 134 valence electrons. The van der Waals surface area contributed by atoms with Crippen molar-refractivity contribution in [3.63, 3.8) is 0 Å². The summed E-state index contributed by atoms with van der Waals surface area (Å²) in [5.41, 5.74) is -0.233. The molecule has 1 atom stereocenters. The molecule has 1 amide bonds. The summed E-state index contributed by atoms with van der Waals surface area (Å²) in [6.07, 6.45) is -4.45. The quantitative estimate of drug-likeness (QED) is 0.789. The Morgan fingerprint density at radius 3 is 2.72 bits per heavy atom. The first-order valence-corrected chi connectivity index (χ1v) is 7.37. The fourth-order valence-corrected chi connectivity index (χ4v) is 2.50. The minimum absolute atomic E-state index is 0.0646. The van der Waals surface area contributed by atoms with Crippen molar-refractivity contribution in [2.24, 2.45) is 0 Å². The Kier molecular flexibility index (Phi) is 4.36. The summed E-state index contributed by atoms with van der Waals surface area (Å²) in [4.78, 5) is 16.0. The Morgan fingerprint density at radius 1 is 1.40 bits per heavy atom. The summed E-state index contributed by atoms with van der Waals surface area (Å²) in [5, 5.41) is 3.14. The Labute approximate surface area is 139 Å². The van der Waals surface area contributed by atoms with Gasteiger partial charge in [0.15, 0.2) is 0 Å². The number of hydrogen-bond donors (Lipinski definition) is 0. The maximum atomic E-state index is 14.2. The van der Waals surface area contributed by atoms with Crippen LogP contribution in [0, 0.1) is 5.82 Å². The van der Waals surface area contributed by atoms with E-state index in [1.165, 1.54) is 19.1 Å². The number of benzene rings is 1. The van der Waals surface area contributed by atoms with Gasteiger partial charge in [0.1, 0.15) is 17.7 Å². The van der Waals surface area contributed by atoms with Crippen LogP contribution >= 0.6 is 0 Å². The minimum atomic E-state index is -4.80. The number of ether oxygens (including phenoxy) is 1. The standard InChI is InChI=1S/C15H13F4N3O3/c1-8(23)22-5-4-10(7-22)24-9-2-3-11(12(16)6-9)13-20-14(25-21-13)15(17,18)19/h2-3,6,10H,4-5,7H2,1H3/t10-/m1/s1. The average Bonchev–Trinajstić information content (AvgIpc) is 3.16. The number of hydrogen-bond acceptors (Lipinski definition) is 5. The summed E-state index contributed by atoms with van der Waals surface area (Å²) in [6.45, 7) is 2.42. The number of aromatic nitrogens is 2. The highest BCUT2D eigenvalue weighted by atomic mass is 19.4. The molecule has 1 saturated heterocycles. The smallest absolute Gasteiger partial charge is 0.471 e. The van der Waals surface area contributed by atoms with Crippen molar-refractivity contribution in [1.82, 2.24) is 15.0 Å². The van der Waals surface area contributed by atoms with Gasteiger partial charge < -0.3 is 14.2 Å². The molecule has 1 aromatic carbocycles. The number of alkyl halides is 3. The van der Waals surface area contributed by atoms with Crippen molar-refractivity contribution in [3.8, 4) is 17.1 Å². The molecule has 1 aliphatic heterocycles. The van der Waals surface area contributed by atoms with Gasteiger partial charge in [-0.25, -0.2) is 4.39 Å². The fraction of sp³-hybridized carbons (Fsp3) is 0.400. The van der Waals surface area contributed by atoms with E-state index in [0.29, 0.717) is 19.5 Å². The molecular formula is C15H13F4N3O3. The lowest BCUT2D eigenvalue weighted by Crippen LogP contribution is -2.28. The fourth-order valence-electron chi connectivity index (χ4n) is 2.50. The van der Waals surface area contributed by atoms with Gasteiger partial charge in [-0.05, 0) is 12.1 Å². The Hall–Kier alpha value is -2.65. The number of carbonyl (C=O) groups excluding carboxylic acids is 1. The van der Waals surface area contributed by atoms with E-state index in [9.17, 15) is 22.4 Å². The highest BCUT2D eigenvalue weighted by molar-refractivity contribution is 5.73. The normalized spacial score (nSPS) is 17.8. The second kappa shape index (κ2) is 6.34. The molecule has 2 heterocycles. The number of likely N-dealkylation sites (tertiary alicyclic amines) is 1. The van der Waals surface area contributed by atoms with E-state index >= 15 is 0 Å². The zero-order valence-electron chi connectivity index (χ0n) is 13.0. The summed E-state index contributed by atoms with van der Waals surface area (Å²) in [6, 6.07) is 3.65. The van der Waals surface area contributed by atoms with Crippen LogP contribution in [0.4, 0.5) is 17.6 Å². The van der Waals surface area contributed by atoms with Gasteiger partial charge in [-0.15, -0.1) is 0 Å². The van der Waals surface area contributed by atoms with Crippen LogP contribution in [0.15, 0.2) is 22.7 Å². The second-order valence-electron chi connectivity index (χ2n) is 5.56. The molecule has 1 aliphatic rings. The molecule has 1 aromatic heterocycles. The van der Waals surface area contributed by atoms with Gasteiger partial charge in [0.2, 0.25) is 11.7 Å². The lowest BCUT2D eigenvalue weighted by Gasteiger charge is -2.15. The van der Waals surface area contributed by atoms with Gasteiger partial charge >= 0.3 is 12.1 Å². The molecule has 0 aliphatic carbocycles. The van der Waals surface area contributed by atoms with Gasteiger partial charge in [-0.3, -0.25) is 4.79 Å². The third-order valence-electron chi connectivity index (χ3n) is 3.74. The molecule has 25 heavy (non-hydrogen) atoms. The third-order valence-corrected chi connectivity index (χ3v) is 3.74. The van der Waals surface area contributed by atoms with Crippen LogP contribution in [0.2, 0.25) is 0 Å². The predicted octanol–water partition coefficient (Wildman–Crippen LogP) is 2.89. The van der Waals surface area contributed by atoms with Crippen molar-refractivity contribution >= 4 is 5.91 Å². The van der Waals surface area contributed by atoms with Crippen molar-refractivity contribution in [2.75, 3.05) is 13.1 Å². The van der Waals surface area contributed by atoms with Gasteiger partial charge in [-0.1, -0.05) is 5.16 Å². The SMILES string of the molecule is CC(=O)N1CC[C@@H](Oc2ccc(-c3noc(C(F)(F)F)n3)c(F)c2)C1. The molecule has 1 fully saturated rings. The summed E-state index contributed by atoms with van der Waals surface area (Å²) in [7, 11) is 0. The van der Waals surface area contributed by atoms with Crippen LogP contribution in [-0.2, 0) is 11.0 Å². The van der Waals surface area contributed by atoms with E-state index in [0.717, 1.165) is 6.07 Å². The molecule has 10 heteroatoms. The number of nitrogens with zero attached hydrogens (tertiary/aromatic N) is 3. The van der Waals surface area contributed by atoms with Gasteiger partial charge in [0, 0.05) is 26.0 Å². The molecule has 3 rings (SSSR count). The molecule has 2 aromatic rings. The number of halogens is 4. The zero-order chi connectivity index (χ0) is 18.2. The Bertz CT molecular complexity index is 791. The molecule has 0 saturated carbocycles. The molecular weight excluding hydrogens is 346 g/mol. The van der Waals surface area contributed by atoms with Crippen LogP contribution in [0.1, 0.15) is 19.2 Å². The summed E-state index contributed by atoms with van der Waals surface area (Å²) >= 11 is 0. The second-order valence-corrected chi connectivity index (χ2v) is 5.56. The van der Waals surface area contributed by atoms with Crippen molar-refractivity contribution < 1.29 is 31.6 Å². The summed E-state index contributed by atoms with van der Waals surface area (Å²) < 4.78 is 61.2. The van der Waals surface area contributed by atoms with E-state index in [1.54, 1.807) is 4.90 Å². The van der Waals surface area contributed by atoms with Crippen LogP contribution in [0.3, 0.4) is 0 Å². The highest BCUT2D eigenvalue weighted by Gasteiger charge is 2.38. The largest absolute Gasteiger partial charge is 0.488 e. The molecule has 0 spiro atoms. The monoisotopic (exact) mass is 359 g/mol. The van der Waals surface area contributed by atoms with Crippen LogP contribution in [-0.4, -0.2) is 40.1 Å². The highest BCUT2D eigenvalue weighted by Crippen LogP contribution is 2.31. The maximum Gasteiger partial charge on any atom is 0.471 e. The molecule has 0 radical (unpaired) electrons. The average molecular weight is 359 g/mol. The lowest BCUT2D eigenvalue weighted by atomic mass is 10.2. The first kappa shape index (κ1) is 17.2. The number of carbonyl (C=O) groups is 1. The zero-order valence-corrected chi connectivity index (χ0v) is 13.0. The lowest BCUT2D eigenvalue weighted by molar-refractivity contribution is -0.159. The van der Waals surface area contributed by atoms with Gasteiger partial charge in [-0.2, -0.15) is 18.2 Å². The van der Waals surface area contributed by atoms with Gasteiger partial charge in [0.25, 0.3) is 0 Å². The molecule has 0 bridgehead atoms. The van der Waals surface area contributed by atoms with E-state index in [1.807, 2.05) is 0 Å². The van der Waals surface area contributed by atoms with Crippen LogP contribution in [0.5, 0.6) is 5.75 Å². The number of rotatable bonds is 3. The Morgan fingerprint density at radius 2 is 2.16 bits per heavy atom. The van der Waals surface area contributed by atoms with Crippen LogP contribution < -0.4 is 4.74 Å². The van der Waals surface area contributed by atoms with Crippen molar-refractivity contribution in [3.05, 3.63) is 29.9 Å². The first-order valence-electron chi connectivity index (χ1n) is 7.37. The minimum Gasteiger partial charge on any atom is -0.488 e. The maximum absolute atomic E-state index is 14.2. The van der Waals surface area contributed by atoms with E-state index in [4.69, 9.17) is 4.74 Å². The molecule has 0 N–H and O–H groups in total. The van der Waals surface area contributed by atoms with E-state index < -0.39 is 23.7 Å². The molecule has 6 nitrogen and oxygen atoms in total. The Balaban J connectivity index is 1.73. The van der Waals surface area contributed by atoms with Crippen molar-refractivity contribution in [1.29, 1.82) is 0 Å². The third kappa shape index (κ3) is 3.72. The number of amides is 1. The van der Waals surface area contributed by atoms with Gasteiger partial charge in [0.05, 0.1) is 12.1 Å². The van der Waals surface area contributed by atoms with Crippen molar-refractivity contribution in [2.45, 2.75) is 25.6 Å². The van der Waals surface area contributed by atoms with E-state index in [-0.39, 0.29) is 23.3 Å².